The molecule has 1 heterocycles. The lowest BCUT2D eigenvalue weighted by Gasteiger charge is -2.06. The van der Waals surface area contributed by atoms with Crippen LogP contribution in [0.3, 0.4) is 0 Å². The van der Waals surface area contributed by atoms with Crippen LogP contribution in [0.15, 0.2) is 47.0 Å². The van der Waals surface area contributed by atoms with Gasteiger partial charge in [0.25, 0.3) is 0 Å². The number of benzene rings is 2. The summed E-state index contributed by atoms with van der Waals surface area (Å²) >= 11 is 17.9. The Morgan fingerprint density at radius 3 is 2.63 bits per heavy atom. The molecule has 0 aliphatic rings. The van der Waals surface area contributed by atoms with Crippen molar-refractivity contribution < 1.29 is 19.2 Å². The first-order valence-electron chi connectivity index (χ1n) is 7.55. The van der Waals surface area contributed by atoms with Crippen LogP contribution in [0.5, 0.6) is 0 Å². The number of hydrogen-bond acceptors (Lipinski definition) is 4. The number of anilines is 1. The third-order valence-electron chi connectivity index (χ3n) is 3.64. The highest BCUT2D eigenvalue weighted by atomic mass is 35.5. The van der Waals surface area contributed by atoms with E-state index in [2.05, 4.69) is 10.5 Å². The molecule has 0 unspecified atom stereocenters. The van der Waals surface area contributed by atoms with Gasteiger partial charge in [0.05, 0.1) is 15.6 Å². The van der Waals surface area contributed by atoms with Crippen molar-refractivity contribution in [2.24, 2.45) is 0 Å². The Hall–Kier alpha value is -2.54. The molecule has 6 nitrogen and oxygen atoms in total. The maximum Gasteiger partial charge on any atom is 0.337 e. The van der Waals surface area contributed by atoms with Crippen LogP contribution in [0, 0.1) is 0 Å². The molecule has 0 atom stereocenters. The first-order valence-corrected chi connectivity index (χ1v) is 8.84. The van der Waals surface area contributed by atoms with E-state index >= 15 is 0 Å². The van der Waals surface area contributed by atoms with Crippen LogP contribution in [-0.4, -0.2) is 28.0 Å². The van der Waals surface area contributed by atoms with E-state index in [-0.39, 0.29) is 33.0 Å². The SMILES string of the molecule is O=C(CCl)Nc1cccc(-c2cc(-c3c(Cl)ccc(C(=O)O)c3Cl)no2)c1. The highest BCUT2D eigenvalue weighted by Crippen LogP contribution is 2.38. The summed E-state index contributed by atoms with van der Waals surface area (Å²) in [6, 6.07) is 11.2. The Labute approximate surface area is 168 Å². The van der Waals surface area contributed by atoms with E-state index in [1.165, 1.54) is 12.1 Å². The molecule has 0 aliphatic carbocycles. The van der Waals surface area contributed by atoms with Crippen LogP contribution >= 0.6 is 34.8 Å². The largest absolute Gasteiger partial charge is 0.478 e. The molecule has 3 aromatic rings. The van der Waals surface area contributed by atoms with E-state index in [1.54, 1.807) is 30.3 Å². The summed E-state index contributed by atoms with van der Waals surface area (Å²) in [4.78, 5) is 22.7. The monoisotopic (exact) mass is 424 g/mol. The van der Waals surface area contributed by atoms with Crippen LogP contribution in [0.25, 0.3) is 22.6 Å². The third kappa shape index (κ3) is 4.08. The minimum atomic E-state index is -1.18. The van der Waals surface area contributed by atoms with Gasteiger partial charge >= 0.3 is 5.97 Å². The Balaban J connectivity index is 1.99. The van der Waals surface area contributed by atoms with Crippen LogP contribution in [0.2, 0.25) is 10.0 Å². The number of carboxylic acids is 1. The minimum absolute atomic E-state index is 0.0297. The summed E-state index contributed by atoms with van der Waals surface area (Å²) < 4.78 is 5.35. The fourth-order valence-electron chi connectivity index (χ4n) is 2.43. The second-order valence-electron chi connectivity index (χ2n) is 5.43. The molecule has 0 aliphatic heterocycles. The van der Waals surface area contributed by atoms with Gasteiger partial charge in [-0.25, -0.2) is 4.79 Å². The molecule has 0 saturated heterocycles. The molecule has 0 saturated carbocycles. The number of amides is 1. The van der Waals surface area contributed by atoms with Gasteiger partial charge in [0.2, 0.25) is 5.91 Å². The minimum Gasteiger partial charge on any atom is -0.478 e. The normalized spacial score (nSPS) is 10.6. The number of carbonyl (C=O) groups is 2. The molecular weight excluding hydrogens is 415 g/mol. The van der Waals surface area contributed by atoms with Crippen molar-refractivity contribution in [3.8, 4) is 22.6 Å². The maximum absolute atomic E-state index is 11.4. The molecule has 138 valence electrons. The molecule has 0 radical (unpaired) electrons. The molecule has 1 aromatic heterocycles. The number of carboxylic acid groups (broad SMARTS) is 1. The Kier molecular flexibility index (Phi) is 5.70. The van der Waals surface area contributed by atoms with Gasteiger partial charge in [-0.15, -0.1) is 11.6 Å². The lowest BCUT2D eigenvalue weighted by molar-refractivity contribution is -0.113. The zero-order chi connectivity index (χ0) is 19.6. The predicted molar refractivity (Wildman–Crippen MR) is 104 cm³/mol. The topological polar surface area (TPSA) is 92.4 Å². The van der Waals surface area contributed by atoms with Gasteiger partial charge in [0.1, 0.15) is 11.6 Å². The number of aromatic carboxylic acids is 1. The molecule has 0 bridgehead atoms. The summed E-state index contributed by atoms with van der Waals surface area (Å²) in [7, 11) is 0. The van der Waals surface area contributed by atoms with Crippen molar-refractivity contribution in [2.45, 2.75) is 0 Å². The number of nitrogens with one attached hydrogen (secondary N) is 1. The standard InChI is InChI=1S/C18H11Cl3N2O4/c19-8-15(24)22-10-3-1-2-9(6-10)14-7-13(23-27-14)16-12(20)5-4-11(17(16)21)18(25)26/h1-7H,8H2,(H,22,24)(H,25,26). The summed E-state index contributed by atoms with van der Waals surface area (Å²) in [5, 5.41) is 16.0. The summed E-state index contributed by atoms with van der Waals surface area (Å²) in [5.41, 5.74) is 1.65. The van der Waals surface area contributed by atoms with Gasteiger partial charge in [-0.1, -0.05) is 40.5 Å². The number of carbonyl (C=O) groups excluding carboxylic acids is 1. The molecule has 27 heavy (non-hydrogen) atoms. The number of halogens is 3. The maximum atomic E-state index is 11.4. The number of hydrogen-bond donors (Lipinski definition) is 2. The van der Waals surface area contributed by atoms with Crippen LogP contribution < -0.4 is 5.32 Å². The van der Waals surface area contributed by atoms with E-state index in [9.17, 15) is 14.7 Å². The molecule has 0 spiro atoms. The van der Waals surface area contributed by atoms with E-state index in [0.717, 1.165) is 0 Å². The van der Waals surface area contributed by atoms with Crippen molar-refractivity contribution in [1.82, 2.24) is 5.16 Å². The highest BCUT2D eigenvalue weighted by molar-refractivity contribution is 6.40. The first-order chi connectivity index (χ1) is 12.9. The van der Waals surface area contributed by atoms with Crippen LogP contribution in [-0.2, 0) is 4.79 Å². The lowest BCUT2D eigenvalue weighted by atomic mass is 10.1. The molecule has 0 fully saturated rings. The third-order valence-corrected chi connectivity index (χ3v) is 4.59. The smallest absolute Gasteiger partial charge is 0.337 e. The van der Waals surface area contributed by atoms with Crippen molar-refractivity contribution in [1.29, 1.82) is 0 Å². The van der Waals surface area contributed by atoms with Gasteiger partial charge in [0, 0.05) is 22.9 Å². The molecule has 2 N–H and O–H groups in total. The number of nitrogens with zero attached hydrogens (tertiary/aromatic N) is 1. The molecule has 9 heteroatoms. The van der Waals surface area contributed by atoms with Crippen molar-refractivity contribution in [2.75, 3.05) is 11.2 Å². The Morgan fingerprint density at radius 1 is 1.15 bits per heavy atom. The lowest BCUT2D eigenvalue weighted by Crippen LogP contribution is -2.12. The first kappa shape index (κ1) is 19.2. The Bertz CT molecular complexity index is 1030. The zero-order valence-electron chi connectivity index (χ0n) is 13.5. The van der Waals surface area contributed by atoms with Crippen LogP contribution in [0.4, 0.5) is 5.69 Å². The highest BCUT2D eigenvalue weighted by Gasteiger charge is 2.20. The van der Waals surface area contributed by atoms with E-state index in [0.29, 0.717) is 22.7 Å². The molecule has 2 aromatic carbocycles. The van der Waals surface area contributed by atoms with E-state index in [4.69, 9.17) is 39.3 Å². The van der Waals surface area contributed by atoms with Gasteiger partial charge in [0.15, 0.2) is 5.76 Å². The fourth-order valence-corrected chi connectivity index (χ4v) is 3.14. The van der Waals surface area contributed by atoms with Gasteiger partial charge in [-0.2, -0.15) is 0 Å². The molecule has 1 amide bonds. The summed E-state index contributed by atoms with van der Waals surface area (Å²) in [5.74, 6) is -1.28. The second-order valence-corrected chi connectivity index (χ2v) is 6.48. The van der Waals surface area contributed by atoms with Crippen molar-refractivity contribution >= 4 is 52.4 Å². The number of aromatic nitrogens is 1. The molecule has 3 rings (SSSR count). The van der Waals surface area contributed by atoms with E-state index < -0.39 is 5.97 Å². The average Bonchev–Trinajstić information content (AvgIpc) is 3.11. The van der Waals surface area contributed by atoms with Crippen molar-refractivity contribution in [3.05, 3.63) is 58.1 Å². The molecular formula is C18H11Cl3N2O4. The quantitative estimate of drug-likeness (QED) is 0.549. The van der Waals surface area contributed by atoms with Gasteiger partial charge in [-0.3, -0.25) is 4.79 Å². The summed E-state index contributed by atoms with van der Waals surface area (Å²) in [6.07, 6.45) is 0. The number of alkyl halides is 1. The number of rotatable bonds is 5. The predicted octanol–water partition coefficient (Wildman–Crippen LogP) is 5.19. The van der Waals surface area contributed by atoms with Crippen molar-refractivity contribution in [3.63, 3.8) is 0 Å². The summed E-state index contributed by atoms with van der Waals surface area (Å²) in [6.45, 7) is 0. The average molecular weight is 426 g/mol. The fraction of sp³-hybridized carbons (Fsp3) is 0.0556. The van der Waals surface area contributed by atoms with Crippen LogP contribution in [0.1, 0.15) is 10.4 Å². The van der Waals surface area contributed by atoms with Gasteiger partial charge in [-0.05, 0) is 24.3 Å². The van der Waals surface area contributed by atoms with Gasteiger partial charge < -0.3 is 14.9 Å². The second kappa shape index (κ2) is 8.00. The van der Waals surface area contributed by atoms with E-state index in [1.807, 2.05) is 0 Å². The Morgan fingerprint density at radius 2 is 1.93 bits per heavy atom. The zero-order valence-corrected chi connectivity index (χ0v) is 15.8.